The minimum absolute atomic E-state index is 0.472. The predicted octanol–water partition coefficient (Wildman–Crippen LogP) is 5.41. The summed E-state index contributed by atoms with van der Waals surface area (Å²) in [6, 6.07) is 17.4. The molecule has 0 fully saturated rings. The minimum atomic E-state index is -0.690. The van der Waals surface area contributed by atoms with Gasteiger partial charge in [-0.05, 0) is 48.5 Å². The number of carbonyl (C=O) groups excluding carboxylic acids is 2. The van der Waals surface area contributed by atoms with Crippen molar-refractivity contribution in [3.8, 4) is 28.7 Å². The number of amides is 4. The van der Waals surface area contributed by atoms with E-state index in [1.54, 1.807) is 87.1 Å². The highest BCUT2D eigenvalue weighted by Gasteiger charge is 2.12. The summed E-state index contributed by atoms with van der Waals surface area (Å²) in [5, 5.41) is 8.12. The Labute approximate surface area is 207 Å². The third-order valence-electron chi connectivity index (χ3n) is 5.10. The first-order valence-electron chi connectivity index (χ1n) is 10.8. The number of methoxy groups -OCH3 is 3. The Morgan fingerprint density at radius 2 is 1.39 bits per heavy atom. The zero-order valence-corrected chi connectivity index (χ0v) is 19.8. The van der Waals surface area contributed by atoms with Gasteiger partial charge in [0.15, 0.2) is 11.5 Å². The maximum absolute atomic E-state index is 12.2. The molecule has 0 aliphatic rings. The average Bonchev–Trinajstić information content (AvgIpc) is 2.89. The second-order valence-electron chi connectivity index (χ2n) is 7.43. The molecule has 184 valence electrons. The van der Waals surface area contributed by atoms with Crippen molar-refractivity contribution in [2.45, 2.75) is 0 Å². The number of ether oxygens (including phenoxy) is 4. The van der Waals surface area contributed by atoms with Gasteiger partial charge in [-0.1, -0.05) is 6.07 Å². The van der Waals surface area contributed by atoms with Gasteiger partial charge in [0.2, 0.25) is 0 Å². The smallest absolute Gasteiger partial charge is 0.327 e. The van der Waals surface area contributed by atoms with Crippen LogP contribution in [0, 0.1) is 0 Å². The summed E-state index contributed by atoms with van der Waals surface area (Å²) in [7, 11) is 4.65. The number of hydrogen-bond donors (Lipinski definition) is 3. The standard InChI is InChI=1S/C26H24N4O6/c1-33-19-6-4-5-17(13-19)29-26(32)30-25(31)28-16-7-9-18(10-8-16)36-22-11-12-27-21-15-24(35-3)23(34-2)14-20(21)22/h4-15H,1-3H3,(H3,28,29,30,31,32). The van der Waals surface area contributed by atoms with Gasteiger partial charge in [0.25, 0.3) is 0 Å². The van der Waals surface area contributed by atoms with E-state index in [9.17, 15) is 9.59 Å². The highest BCUT2D eigenvalue weighted by molar-refractivity contribution is 6.05. The van der Waals surface area contributed by atoms with Gasteiger partial charge in [-0.3, -0.25) is 10.3 Å². The summed E-state index contributed by atoms with van der Waals surface area (Å²) in [4.78, 5) is 28.7. The summed E-state index contributed by atoms with van der Waals surface area (Å²) in [6.07, 6.45) is 1.64. The van der Waals surface area contributed by atoms with Gasteiger partial charge in [0.05, 0.1) is 26.8 Å². The van der Waals surface area contributed by atoms with Crippen LogP contribution in [0.3, 0.4) is 0 Å². The monoisotopic (exact) mass is 488 g/mol. The first-order chi connectivity index (χ1) is 17.5. The van der Waals surface area contributed by atoms with Crippen molar-refractivity contribution in [2.24, 2.45) is 0 Å². The number of urea groups is 2. The maximum Gasteiger partial charge on any atom is 0.327 e. The first kappa shape index (κ1) is 24.1. The van der Waals surface area contributed by atoms with E-state index < -0.39 is 12.1 Å². The number of benzene rings is 3. The van der Waals surface area contributed by atoms with Gasteiger partial charge in [0, 0.05) is 35.1 Å². The summed E-state index contributed by atoms with van der Waals surface area (Å²) in [6.45, 7) is 0. The summed E-state index contributed by atoms with van der Waals surface area (Å²) >= 11 is 0. The van der Waals surface area contributed by atoms with Crippen LogP contribution < -0.4 is 34.9 Å². The molecule has 0 radical (unpaired) electrons. The van der Waals surface area contributed by atoms with Crippen LogP contribution in [0.25, 0.3) is 10.9 Å². The lowest BCUT2D eigenvalue weighted by Crippen LogP contribution is -2.37. The van der Waals surface area contributed by atoms with Crippen LogP contribution in [-0.2, 0) is 0 Å². The topological polar surface area (TPSA) is 120 Å². The van der Waals surface area contributed by atoms with Gasteiger partial charge in [0.1, 0.15) is 17.2 Å². The van der Waals surface area contributed by atoms with E-state index in [4.69, 9.17) is 18.9 Å². The Bertz CT molecular complexity index is 1390. The number of anilines is 2. The van der Waals surface area contributed by atoms with Crippen LogP contribution in [0.15, 0.2) is 72.9 Å². The number of fused-ring (bicyclic) bond motifs is 1. The molecule has 0 atom stereocenters. The molecule has 0 unspecified atom stereocenters. The first-order valence-corrected chi connectivity index (χ1v) is 10.8. The van der Waals surface area contributed by atoms with Crippen LogP contribution in [-0.4, -0.2) is 38.4 Å². The van der Waals surface area contributed by atoms with Crippen molar-refractivity contribution in [3.05, 3.63) is 72.9 Å². The number of nitrogens with one attached hydrogen (secondary N) is 3. The van der Waals surface area contributed by atoms with Crippen LogP contribution in [0.1, 0.15) is 0 Å². The number of carbonyl (C=O) groups is 2. The van der Waals surface area contributed by atoms with Crippen LogP contribution in [0.4, 0.5) is 21.0 Å². The van der Waals surface area contributed by atoms with Gasteiger partial charge >= 0.3 is 12.1 Å². The van der Waals surface area contributed by atoms with Crippen molar-refractivity contribution in [2.75, 3.05) is 32.0 Å². The molecule has 4 amide bonds. The third-order valence-corrected chi connectivity index (χ3v) is 5.10. The van der Waals surface area contributed by atoms with Crippen LogP contribution in [0.2, 0.25) is 0 Å². The summed E-state index contributed by atoms with van der Waals surface area (Å²) < 4.78 is 21.9. The Hall–Kier alpha value is -4.99. The molecule has 3 aromatic carbocycles. The van der Waals surface area contributed by atoms with E-state index in [0.29, 0.717) is 45.6 Å². The van der Waals surface area contributed by atoms with Crippen molar-refractivity contribution >= 4 is 34.3 Å². The van der Waals surface area contributed by atoms with Gasteiger partial charge in [-0.2, -0.15) is 0 Å². The number of rotatable bonds is 7. The number of pyridine rings is 1. The molecule has 0 saturated carbocycles. The number of aromatic nitrogens is 1. The van der Waals surface area contributed by atoms with E-state index in [2.05, 4.69) is 20.9 Å². The normalized spacial score (nSPS) is 10.3. The molecule has 0 aliphatic heterocycles. The number of nitrogens with zero attached hydrogens (tertiary/aromatic N) is 1. The molecule has 0 bridgehead atoms. The number of hydrogen-bond acceptors (Lipinski definition) is 7. The second-order valence-corrected chi connectivity index (χ2v) is 7.43. The largest absolute Gasteiger partial charge is 0.497 e. The third kappa shape index (κ3) is 5.73. The molecule has 36 heavy (non-hydrogen) atoms. The molecule has 4 aromatic rings. The van der Waals surface area contributed by atoms with Crippen LogP contribution >= 0.6 is 0 Å². The maximum atomic E-state index is 12.2. The molecule has 10 nitrogen and oxygen atoms in total. The molecule has 10 heteroatoms. The van der Waals surface area contributed by atoms with Crippen molar-refractivity contribution in [1.29, 1.82) is 0 Å². The van der Waals surface area contributed by atoms with E-state index in [-0.39, 0.29) is 0 Å². The van der Waals surface area contributed by atoms with Crippen molar-refractivity contribution < 1.29 is 28.5 Å². The molecular formula is C26H24N4O6. The lowest BCUT2D eigenvalue weighted by Gasteiger charge is -2.13. The Kier molecular flexibility index (Phi) is 7.35. The highest BCUT2D eigenvalue weighted by Crippen LogP contribution is 2.37. The minimum Gasteiger partial charge on any atom is -0.497 e. The molecule has 3 N–H and O–H groups in total. The average molecular weight is 489 g/mol. The molecule has 1 heterocycles. The van der Waals surface area contributed by atoms with Crippen molar-refractivity contribution in [1.82, 2.24) is 10.3 Å². The molecule has 0 spiro atoms. The summed E-state index contributed by atoms with van der Waals surface area (Å²) in [5.74, 6) is 2.83. The molecule has 1 aromatic heterocycles. The zero-order valence-electron chi connectivity index (χ0n) is 19.8. The van der Waals surface area contributed by atoms with Gasteiger partial charge in [-0.25, -0.2) is 9.59 Å². The molecule has 0 aliphatic carbocycles. The fourth-order valence-corrected chi connectivity index (χ4v) is 3.40. The Morgan fingerprint density at radius 1 is 0.694 bits per heavy atom. The quantitative estimate of drug-likeness (QED) is 0.318. The lowest BCUT2D eigenvalue weighted by atomic mass is 10.2. The van der Waals surface area contributed by atoms with Crippen LogP contribution in [0.5, 0.6) is 28.7 Å². The van der Waals surface area contributed by atoms with E-state index in [0.717, 1.165) is 5.39 Å². The highest BCUT2D eigenvalue weighted by atomic mass is 16.5. The molecular weight excluding hydrogens is 464 g/mol. The van der Waals surface area contributed by atoms with Crippen molar-refractivity contribution in [3.63, 3.8) is 0 Å². The lowest BCUT2D eigenvalue weighted by molar-refractivity contribution is 0.240. The van der Waals surface area contributed by atoms with E-state index >= 15 is 0 Å². The molecule has 0 saturated heterocycles. The van der Waals surface area contributed by atoms with Gasteiger partial charge < -0.3 is 29.6 Å². The summed E-state index contributed by atoms with van der Waals surface area (Å²) in [5.41, 5.74) is 1.65. The SMILES string of the molecule is COc1cccc(NC(=O)NC(=O)Nc2ccc(Oc3ccnc4cc(OC)c(OC)cc34)cc2)c1. The Morgan fingerprint density at radius 3 is 2.08 bits per heavy atom. The molecule has 4 rings (SSSR count). The van der Waals surface area contributed by atoms with E-state index in [1.165, 1.54) is 7.11 Å². The Balaban J connectivity index is 1.38. The predicted molar refractivity (Wildman–Crippen MR) is 136 cm³/mol. The zero-order chi connectivity index (χ0) is 25.5. The fourth-order valence-electron chi connectivity index (χ4n) is 3.40. The number of imide groups is 1. The van der Waals surface area contributed by atoms with Gasteiger partial charge in [-0.15, -0.1) is 0 Å². The van der Waals surface area contributed by atoms with E-state index in [1.807, 2.05) is 0 Å². The fraction of sp³-hybridized carbons (Fsp3) is 0.115. The second kappa shape index (κ2) is 11.0.